The highest BCUT2D eigenvalue weighted by Crippen LogP contribution is 2.29. The average molecular weight is 370 g/mol. The van der Waals surface area contributed by atoms with Crippen molar-refractivity contribution >= 4 is 5.91 Å². The molecule has 0 unspecified atom stereocenters. The van der Waals surface area contributed by atoms with Crippen LogP contribution < -0.4 is 4.74 Å². The van der Waals surface area contributed by atoms with Crippen LogP contribution in [0.25, 0.3) is 0 Å². The molecule has 1 heterocycles. The molecule has 0 radical (unpaired) electrons. The van der Waals surface area contributed by atoms with E-state index in [0.717, 1.165) is 5.69 Å². The molecule has 2 rings (SSSR count). The van der Waals surface area contributed by atoms with Gasteiger partial charge in [-0.3, -0.25) is 9.78 Å². The third-order valence-corrected chi connectivity index (χ3v) is 4.58. The molecule has 0 spiro atoms. The minimum Gasteiger partial charge on any atom is -0.490 e. The highest BCUT2D eigenvalue weighted by Gasteiger charge is 2.32. The summed E-state index contributed by atoms with van der Waals surface area (Å²) in [5, 5.41) is 0. The lowest BCUT2D eigenvalue weighted by Crippen LogP contribution is -2.46. The van der Waals surface area contributed by atoms with Crippen molar-refractivity contribution in [1.29, 1.82) is 0 Å². The highest BCUT2D eigenvalue weighted by atomic mass is 16.5. The maximum atomic E-state index is 13.3. The van der Waals surface area contributed by atoms with E-state index >= 15 is 0 Å². The molecule has 0 N–H and O–H groups in total. The van der Waals surface area contributed by atoms with Crippen LogP contribution in [0.2, 0.25) is 0 Å². The van der Waals surface area contributed by atoms with Gasteiger partial charge < -0.3 is 14.4 Å². The number of rotatable bonds is 8. The van der Waals surface area contributed by atoms with Crippen LogP contribution in [0, 0.1) is 5.41 Å². The van der Waals surface area contributed by atoms with Gasteiger partial charge in [-0.1, -0.05) is 39.0 Å². The van der Waals surface area contributed by atoms with Crippen molar-refractivity contribution in [2.24, 2.45) is 5.41 Å². The molecule has 0 saturated carbocycles. The monoisotopic (exact) mass is 370 g/mol. The van der Waals surface area contributed by atoms with Crippen LogP contribution in [0.5, 0.6) is 5.75 Å². The Bertz CT molecular complexity index is 726. The summed E-state index contributed by atoms with van der Waals surface area (Å²) >= 11 is 0. The Kier molecular flexibility index (Phi) is 7.36. The van der Waals surface area contributed by atoms with Crippen molar-refractivity contribution in [3.63, 3.8) is 0 Å². The van der Waals surface area contributed by atoms with Crippen LogP contribution in [0.15, 0.2) is 48.7 Å². The van der Waals surface area contributed by atoms with Gasteiger partial charge in [0, 0.05) is 38.5 Å². The van der Waals surface area contributed by atoms with Gasteiger partial charge in [-0.05, 0) is 29.7 Å². The Labute approximate surface area is 162 Å². The SMILES string of the molecule is COCCOc1ccccc1C(=O)N(C)[C@H](Cc1ccccn1)C(C)(C)C. The van der Waals surface area contributed by atoms with Crippen molar-refractivity contribution in [2.45, 2.75) is 33.2 Å². The lowest BCUT2D eigenvalue weighted by Gasteiger charge is -2.38. The zero-order valence-corrected chi connectivity index (χ0v) is 16.9. The predicted octanol–water partition coefficient (Wildman–Crippen LogP) is 3.84. The van der Waals surface area contributed by atoms with Crippen LogP contribution in [-0.4, -0.2) is 49.2 Å². The number of aromatic nitrogens is 1. The Morgan fingerprint density at radius 2 is 1.81 bits per heavy atom. The number of para-hydroxylation sites is 1. The van der Waals surface area contributed by atoms with Crippen molar-refractivity contribution in [1.82, 2.24) is 9.88 Å². The van der Waals surface area contributed by atoms with E-state index in [9.17, 15) is 4.79 Å². The first-order chi connectivity index (χ1) is 12.8. The number of benzene rings is 1. The Balaban J connectivity index is 2.24. The number of hydrogen-bond donors (Lipinski definition) is 0. The summed E-state index contributed by atoms with van der Waals surface area (Å²) in [5.41, 5.74) is 1.43. The van der Waals surface area contributed by atoms with E-state index in [1.807, 2.05) is 54.4 Å². The molecule has 0 aliphatic rings. The maximum Gasteiger partial charge on any atom is 0.257 e. The lowest BCUT2D eigenvalue weighted by molar-refractivity contribution is 0.0589. The summed E-state index contributed by atoms with van der Waals surface area (Å²) < 4.78 is 10.8. The minimum absolute atomic E-state index is 0.00747. The summed E-state index contributed by atoms with van der Waals surface area (Å²) in [4.78, 5) is 19.5. The molecule has 146 valence electrons. The number of nitrogens with zero attached hydrogens (tertiary/aromatic N) is 2. The summed E-state index contributed by atoms with van der Waals surface area (Å²) in [6, 6.07) is 13.2. The molecule has 0 aliphatic carbocycles. The molecule has 1 amide bonds. The number of likely N-dealkylation sites (N-methyl/N-ethyl adjacent to an activating group) is 1. The smallest absolute Gasteiger partial charge is 0.257 e. The van der Waals surface area contributed by atoms with E-state index in [1.165, 1.54) is 0 Å². The van der Waals surface area contributed by atoms with Gasteiger partial charge in [-0.2, -0.15) is 0 Å². The summed E-state index contributed by atoms with van der Waals surface area (Å²) in [6.07, 6.45) is 2.48. The third-order valence-electron chi connectivity index (χ3n) is 4.58. The number of carbonyl (C=O) groups is 1. The second-order valence-electron chi connectivity index (χ2n) is 7.66. The zero-order valence-electron chi connectivity index (χ0n) is 16.9. The van der Waals surface area contributed by atoms with Gasteiger partial charge in [0.15, 0.2) is 0 Å². The van der Waals surface area contributed by atoms with Gasteiger partial charge in [-0.25, -0.2) is 0 Å². The Morgan fingerprint density at radius 1 is 1.11 bits per heavy atom. The molecular weight excluding hydrogens is 340 g/mol. The maximum absolute atomic E-state index is 13.3. The largest absolute Gasteiger partial charge is 0.490 e. The quantitative estimate of drug-likeness (QED) is 0.663. The van der Waals surface area contributed by atoms with Gasteiger partial charge in [0.1, 0.15) is 12.4 Å². The molecule has 1 aromatic carbocycles. The second kappa shape index (κ2) is 9.51. The molecule has 1 aromatic heterocycles. The van der Waals surface area contributed by atoms with Crippen LogP contribution in [0.1, 0.15) is 36.8 Å². The van der Waals surface area contributed by atoms with Crippen molar-refractivity contribution in [2.75, 3.05) is 27.4 Å². The molecule has 0 fully saturated rings. The van der Waals surface area contributed by atoms with Crippen molar-refractivity contribution < 1.29 is 14.3 Å². The first-order valence-electron chi connectivity index (χ1n) is 9.22. The van der Waals surface area contributed by atoms with E-state index in [0.29, 0.717) is 30.9 Å². The summed E-state index contributed by atoms with van der Waals surface area (Å²) in [5.74, 6) is 0.524. The van der Waals surface area contributed by atoms with Crippen LogP contribution in [-0.2, 0) is 11.2 Å². The number of methoxy groups -OCH3 is 1. The lowest BCUT2D eigenvalue weighted by atomic mass is 9.82. The molecule has 5 heteroatoms. The standard InChI is InChI=1S/C22H30N2O3/c1-22(2,3)20(16-17-10-8-9-13-23-17)24(4)21(25)18-11-6-7-12-19(18)27-15-14-26-5/h6-13,20H,14-16H2,1-5H3/t20-/m1/s1. The van der Waals surface area contributed by atoms with E-state index in [4.69, 9.17) is 9.47 Å². The topological polar surface area (TPSA) is 51.7 Å². The van der Waals surface area contributed by atoms with Gasteiger partial charge in [0.25, 0.3) is 5.91 Å². The van der Waals surface area contributed by atoms with E-state index in [1.54, 1.807) is 13.3 Å². The van der Waals surface area contributed by atoms with Crippen LogP contribution >= 0.6 is 0 Å². The molecule has 0 bridgehead atoms. The van der Waals surface area contributed by atoms with Gasteiger partial charge in [-0.15, -0.1) is 0 Å². The molecule has 0 saturated heterocycles. The second-order valence-corrected chi connectivity index (χ2v) is 7.66. The number of amides is 1. The first-order valence-corrected chi connectivity index (χ1v) is 9.22. The van der Waals surface area contributed by atoms with Gasteiger partial charge in [0.2, 0.25) is 0 Å². The minimum atomic E-state index is -0.103. The average Bonchev–Trinajstić information content (AvgIpc) is 2.65. The third kappa shape index (κ3) is 5.79. The van der Waals surface area contributed by atoms with Gasteiger partial charge in [0.05, 0.1) is 12.2 Å². The number of pyridine rings is 1. The fourth-order valence-corrected chi connectivity index (χ4v) is 3.08. The first kappa shape index (κ1) is 20.9. The summed E-state index contributed by atoms with van der Waals surface area (Å²) in [7, 11) is 3.48. The van der Waals surface area contributed by atoms with Crippen LogP contribution in [0.4, 0.5) is 0 Å². The van der Waals surface area contributed by atoms with Crippen molar-refractivity contribution in [3.8, 4) is 5.75 Å². The van der Waals surface area contributed by atoms with Crippen LogP contribution in [0.3, 0.4) is 0 Å². The molecule has 0 aliphatic heterocycles. The van der Waals surface area contributed by atoms with Crippen molar-refractivity contribution in [3.05, 3.63) is 59.9 Å². The highest BCUT2D eigenvalue weighted by molar-refractivity contribution is 5.97. The molecule has 2 aromatic rings. The van der Waals surface area contributed by atoms with E-state index in [2.05, 4.69) is 25.8 Å². The van der Waals surface area contributed by atoms with Gasteiger partial charge >= 0.3 is 0 Å². The Morgan fingerprint density at radius 3 is 2.44 bits per heavy atom. The fourth-order valence-electron chi connectivity index (χ4n) is 3.08. The zero-order chi connectivity index (χ0) is 19.9. The Hall–Kier alpha value is -2.40. The number of hydrogen-bond acceptors (Lipinski definition) is 4. The molecule has 5 nitrogen and oxygen atoms in total. The van der Waals surface area contributed by atoms with E-state index in [-0.39, 0.29) is 17.4 Å². The summed E-state index contributed by atoms with van der Waals surface area (Å²) in [6.45, 7) is 7.31. The normalized spacial score (nSPS) is 12.5. The molecule has 1 atom stereocenters. The van der Waals surface area contributed by atoms with E-state index < -0.39 is 0 Å². The molecular formula is C22H30N2O3. The number of carbonyl (C=O) groups excluding carboxylic acids is 1. The fraction of sp³-hybridized carbons (Fsp3) is 0.455. The number of ether oxygens (including phenoxy) is 2. The molecule has 27 heavy (non-hydrogen) atoms. The predicted molar refractivity (Wildman–Crippen MR) is 107 cm³/mol.